The van der Waals surface area contributed by atoms with Crippen LogP contribution in [0.3, 0.4) is 0 Å². The molecule has 0 aliphatic heterocycles. The minimum Gasteiger partial charge on any atom is -0.394 e. The molecule has 0 unspecified atom stereocenters. The maximum Gasteiger partial charge on any atom is 0.334 e. The summed E-state index contributed by atoms with van der Waals surface area (Å²) in [6.45, 7) is 15.2. The van der Waals surface area contributed by atoms with E-state index in [1.807, 2.05) is 0 Å². The topological polar surface area (TPSA) is 18.5 Å². The zero-order valence-electron chi connectivity index (χ0n) is 20.5. The molecule has 0 radical (unpaired) electrons. The molecule has 0 saturated heterocycles. The summed E-state index contributed by atoms with van der Waals surface area (Å²) >= 11 is 0. The molecule has 0 heterocycles. The van der Waals surface area contributed by atoms with E-state index in [9.17, 15) is 0 Å². The lowest BCUT2D eigenvalue weighted by atomic mass is 10.0. The third-order valence-electron chi connectivity index (χ3n) is 5.43. The Hall–Kier alpha value is 0.137. The second-order valence-electron chi connectivity index (χ2n) is 9.89. The van der Waals surface area contributed by atoms with Gasteiger partial charge in [-0.1, -0.05) is 125 Å². The van der Waals surface area contributed by atoms with Crippen LogP contribution in [0, 0.1) is 11.8 Å². The fourth-order valence-electron chi connectivity index (χ4n) is 3.51. The SMILES string of the molecule is CCCCCCCCCCCCCCCC[Si](C)(OCC(C)C)OCC(C)C. The molecule has 0 aromatic heterocycles. The smallest absolute Gasteiger partial charge is 0.334 e. The molecule has 28 heavy (non-hydrogen) atoms. The average Bonchev–Trinajstić information content (AvgIpc) is 2.65. The monoisotopic (exact) mass is 414 g/mol. The van der Waals surface area contributed by atoms with Gasteiger partial charge in [0.25, 0.3) is 0 Å². The van der Waals surface area contributed by atoms with Crippen molar-refractivity contribution in [2.75, 3.05) is 13.2 Å². The van der Waals surface area contributed by atoms with Crippen molar-refractivity contribution in [1.29, 1.82) is 0 Å². The maximum absolute atomic E-state index is 6.27. The summed E-state index contributed by atoms with van der Waals surface area (Å²) < 4.78 is 12.5. The van der Waals surface area contributed by atoms with Crippen LogP contribution in [0.25, 0.3) is 0 Å². The van der Waals surface area contributed by atoms with Crippen molar-refractivity contribution >= 4 is 8.56 Å². The lowest BCUT2D eigenvalue weighted by Gasteiger charge is -2.29. The molecule has 0 fully saturated rings. The summed E-state index contributed by atoms with van der Waals surface area (Å²) in [6, 6.07) is 1.16. The molecule has 0 amide bonds. The highest BCUT2D eigenvalue weighted by Gasteiger charge is 2.31. The van der Waals surface area contributed by atoms with Crippen LogP contribution >= 0.6 is 0 Å². The van der Waals surface area contributed by atoms with Gasteiger partial charge in [0.2, 0.25) is 0 Å². The second kappa shape index (κ2) is 19.1. The van der Waals surface area contributed by atoms with E-state index in [2.05, 4.69) is 41.2 Å². The van der Waals surface area contributed by atoms with Crippen molar-refractivity contribution < 1.29 is 8.85 Å². The van der Waals surface area contributed by atoms with Crippen molar-refractivity contribution in [2.24, 2.45) is 11.8 Å². The largest absolute Gasteiger partial charge is 0.394 e. The zero-order chi connectivity index (χ0) is 21.1. The number of unbranched alkanes of at least 4 members (excludes halogenated alkanes) is 13. The van der Waals surface area contributed by atoms with Crippen molar-refractivity contribution in [2.45, 2.75) is 137 Å². The van der Waals surface area contributed by atoms with Gasteiger partial charge in [0.15, 0.2) is 0 Å². The Morgan fingerprint density at radius 1 is 0.536 bits per heavy atom. The van der Waals surface area contributed by atoms with Gasteiger partial charge in [-0.25, -0.2) is 0 Å². The van der Waals surface area contributed by atoms with Crippen LogP contribution in [0.15, 0.2) is 0 Å². The Balaban J connectivity index is 3.63. The van der Waals surface area contributed by atoms with Crippen LogP contribution < -0.4 is 0 Å². The summed E-state index contributed by atoms with van der Waals surface area (Å²) in [5.41, 5.74) is 0. The molecule has 0 saturated carbocycles. The molecule has 0 spiro atoms. The molecule has 0 atom stereocenters. The first kappa shape index (κ1) is 28.1. The van der Waals surface area contributed by atoms with E-state index < -0.39 is 8.56 Å². The predicted molar refractivity (Wildman–Crippen MR) is 128 cm³/mol. The van der Waals surface area contributed by atoms with Gasteiger partial charge >= 0.3 is 8.56 Å². The van der Waals surface area contributed by atoms with Gasteiger partial charge in [-0.3, -0.25) is 0 Å². The second-order valence-corrected chi connectivity index (χ2v) is 13.2. The highest BCUT2D eigenvalue weighted by molar-refractivity contribution is 6.66. The quantitative estimate of drug-likeness (QED) is 0.138. The summed E-state index contributed by atoms with van der Waals surface area (Å²) in [7, 11) is -1.98. The number of hydrogen-bond donors (Lipinski definition) is 0. The highest BCUT2D eigenvalue weighted by Crippen LogP contribution is 2.21. The third-order valence-corrected chi connectivity index (χ3v) is 8.24. The highest BCUT2D eigenvalue weighted by atomic mass is 28.4. The van der Waals surface area contributed by atoms with Gasteiger partial charge in [0, 0.05) is 13.2 Å². The van der Waals surface area contributed by atoms with Crippen LogP contribution in [0.1, 0.15) is 125 Å². The molecule has 0 aromatic carbocycles. The third kappa shape index (κ3) is 19.5. The van der Waals surface area contributed by atoms with Gasteiger partial charge in [-0.05, 0) is 24.4 Å². The molecule has 0 N–H and O–H groups in total. The van der Waals surface area contributed by atoms with Gasteiger partial charge < -0.3 is 8.85 Å². The molecule has 0 aliphatic carbocycles. The average molecular weight is 415 g/mol. The Kier molecular flexibility index (Phi) is 19.2. The normalized spacial score (nSPS) is 12.4. The van der Waals surface area contributed by atoms with E-state index in [4.69, 9.17) is 8.85 Å². The van der Waals surface area contributed by atoms with Gasteiger partial charge in [-0.2, -0.15) is 0 Å². The van der Waals surface area contributed by atoms with Crippen LogP contribution in [-0.4, -0.2) is 21.8 Å². The van der Waals surface area contributed by atoms with Crippen molar-refractivity contribution in [3.63, 3.8) is 0 Å². The summed E-state index contributed by atoms with van der Waals surface area (Å²) in [5.74, 6) is 1.18. The molecule has 170 valence electrons. The first-order valence-corrected chi connectivity index (χ1v) is 15.2. The molecule has 0 bridgehead atoms. The Morgan fingerprint density at radius 3 is 1.18 bits per heavy atom. The Morgan fingerprint density at radius 2 is 0.857 bits per heavy atom. The lowest BCUT2D eigenvalue weighted by Crippen LogP contribution is -2.40. The van der Waals surface area contributed by atoms with E-state index in [1.54, 1.807) is 0 Å². The molecular weight excluding hydrogens is 360 g/mol. The van der Waals surface area contributed by atoms with Crippen LogP contribution in [0.4, 0.5) is 0 Å². The fraction of sp³-hybridized carbons (Fsp3) is 1.00. The van der Waals surface area contributed by atoms with Gasteiger partial charge in [0.05, 0.1) is 0 Å². The predicted octanol–water partition coefficient (Wildman–Crippen LogP) is 8.88. The first-order chi connectivity index (χ1) is 13.4. The minimum absolute atomic E-state index is 0.589. The van der Waals surface area contributed by atoms with E-state index in [1.165, 1.54) is 89.9 Å². The lowest BCUT2D eigenvalue weighted by molar-refractivity contribution is 0.142. The first-order valence-electron chi connectivity index (χ1n) is 12.7. The summed E-state index contributed by atoms with van der Waals surface area (Å²) in [5, 5.41) is 0. The van der Waals surface area contributed by atoms with E-state index in [0.29, 0.717) is 11.8 Å². The molecule has 0 aliphatic rings. The Bertz CT molecular complexity index is 306. The maximum atomic E-state index is 6.27. The molecule has 3 heteroatoms. The number of rotatable bonds is 21. The molecule has 2 nitrogen and oxygen atoms in total. The Labute approximate surface area is 179 Å². The van der Waals surface area contributed by atoms with Crippen LogP contribution in [0.2, 0.25) is 12.6 Å². The van der Waals surface area contributed by atoms with Crippen LogP contribution in [-0.2, 0) is 8.85 Å². The van der Waals surface area contributed by atoms with E-state index in [0.717, 1.165) is 19.3 Å². The van der Waals surface area contributed by atoms with Crippen molar-refractivity contribution in [3.8, 4) is 0 Å². The zero-order valence-corrected chi connectivity index (χ0v) is 21.5. The summed E-state index contributed by atoms with van der Waals surface area (Å²) in [4.78, 5) is 0. The van der Waals surface area contributed by atoms with Crippen molar-refractivity contribution in [3.05, 3.63) is 0 Å². The molecular formula is C25H54O2Si. The van der Waals surface area contributed by atoms with Gasteiger partial charge in [-0.15, -0.1) is 0 Å². The van der Waals surface area contributed by atoms with Crippen LogP contribution in [0.5, 0.6) is 0 Å². The molecule has 0 aromatic rings. The summed E-state index contributed by atoms with van der Waals surface area (Å²) in [6.07, 6.45) is 19.8. The van der Waals surface area contributed by atoms with E-state index in [-0.39, 0.29) is 0 Å². The molecule has 0 rings (SSSR count). The van der Waals surface area contributed by atoms with Crippen molar-refractivity contribution in [1.82, 2.24) is 0 Å². The van der Waals surface area contributed by atoms with E-state index >= 15 is 0 Å². The number of hydrogen-bond acceptors (Lipinski definition) is 2. The standard InChI is InChI=1S/C25H54O2Si/c1-7-8-9-10-11-12-13-14-15-16-17-18-19-20-21-28(6,26-22-24(2)3)27-23-25(4)5/h24-25H,7-23H2,1-6H3. The van der Waals surface area contributed by atoms with Gasteiger partial charge in [0.1, 0.15) is 0 Å². The minimum atomic E-state index is -1.98. The fourth-order valence-corrected chi connectivity index (χ4v) is 6.15.